The third kappa shape index (κ3) is 1.86. The van der Waals surface area contributed by atoms with E-state index in [0.717, 1.165) is 34.6 Å². The Kier molecular flexibility index (Phi) is 2.70. The molecular weight excluding hydrogens is 304 g/mol. The van der Waals surface area contributed by atoms with Crippen molar-refractivity contribution in [3.8, 4) is 23.0 Å². The maximum absolute atomic E-state index is 9.64. The van der Waals surface area contributed by atoms with E-state index in [9.17, 15) is 5.11 Å². The van der Waals surface area contributed by atoms with Gasteiger partial charge in [-0.3, -0.25) is 0 Å². The summed E-state index contributed by atoms with van der Waals surface area (Å²) in [4.78, 5) is 0. The number of ether oxygens (including phenoxy) is 3. The second-order valence-electron chi connectivity index (χ2n) is 6.83. The van der Waals surface area contributed by atoms with Crippen molar-refractivity contribution < 1.29 is 19.3 Å². The van der Waals surface area contributed by atoms with Crippen molar-refractivity contribution in [2.24, 2.45) is 0 Å². The minimum atomic E-state index is -0.0659. The first-order valence-corrected chi connectivity index (χ1v) is 8.21. The lowest BCUT2D eigenvalue weighted by Crippen LogP contribution is -2.23. The van der Waals surface area contributed by atoms with Gasteiger partial charge in [-0.1, -0.05) is 6.58 Å². The molecule has 1 N–H and O–H groups in total. The summed E-state index contributed by atoms with van der Waals surface area (Å²) in [6.07, 6.45) is 0.839. The smallest absolute Gasteiger partial charge is 0.138 e. The van der Waals surface area contributed by atoms with Gasteiger partial charge in [0.05, 0.1) is 12.5 Å². The molecule has 5 rings (SSSR count). The molecule has 0 amide bonds. The van der Waals surface area contributed by atoms with Crippen LogP contribution < -0.4 is 14.2 Å². The van der Waals surface area contributed by atoms with Crippen molar-refractivity contribution in [1.82, 2.24) is 0 Å². The van der Waals surface area contributed by atoms with Gasteiger partial charge in [0.25, 0.3) is 0 Å². The SMILES string of the molecule is C=C(C)[C@@H]1Cc2cc3c(cc2O1)[C@@H]1COc2cc(O)ccc2[C@@H]1O3. The summed E-state index contributed by atoms with van der Waals surface area (Å²) in [6.45, 7) is 6.54. The van der Waals surface area contributed by atoms with Crippen molar-refractivity contribution in [2.45, 2.75) is 31.5 Å². The third-order valence-electron chi connectivity index (χ3n) is 5.16. The van der Waals surface area contributed by atoms with E-state index in [1.54, 1.807) is 12.1 Å². The van der Waals surface area contributed by atoms with Crippen LogP contribution in [-0.4, -0.2) is 17.8 Å². The number of hydrogen-bond acceptors (Lipinski definition) is 4. The third-order valence-corrected chi connectivity index (χ3v) is 5.16. The summed E-state index contributed by atoms with van der Waals surface area (Å²) in [5.74, 6) is 2.91. The minimum absolute atomic E-state index is 0.0598. The van der Waals surface area contributed by atoms with Crippen molar-refractivity contribution in [2.75, 3.05) is 6.61 Å². The number of phenolic OH excluding ortho intramolecular Hbond substituents is 1. The Morgan fingerprint density at radius 2 is 1.96 bits per heavy atom. The van der Waals surface area contributed by atoms with Crippen LogP contribution in [0.25, 0.3) is 0 Å². The first kappa shape index (κ1) is 13.8. The van der Waals surface area contributed by atoms with Gasteiger partial charge in [-0.2, -0.15) is 0 Å². The van der Waals surface area contributed by atoms with Crippen LogP contribution >= 0.6 is 0 Å². The minimum Gasteiger partial charge on any atom is -0.508 e. The molecule has 3 aliphatic rings. The summed E-state index contributed by atoms with van der Waals surface area (Å²) >= 11 is 0. The molecule has 0 aliphatic carbocycles. The highest BCUT2D eigenvalue weighted by Crippen LogP contribution is 2.53. The van der Waals surface area contributed by atoms with Gasteiger partial charge in [0.15, 0.2) is 0 Å². The van der Waals surface area contributed by atoms with Gasteiger partial charge in [0.2, 0.25) is 0 Å². The first-order chi connectivity index (χ1) is 11.6. The maximum atomic E-state index is 9.64. The van der Waals surface area contributed by atoms with E-state index < -0.39 is 0 Å². The largest absolute Gasteiger partial charge is 0.508 e. The fourth-order valence-corrected chi connectivity index (χ4v) is 3.85. The number of fused-ring (bicyclic) bond motifs is 6. The fraction of sp³-hybridized carbons (Fsp3) is 0.300. The standard InChI is InChI=1S/C20H18O4/c1-10(2)16-5-11-6-19-14(8-17(11)23-16)15-9-22-18-7-12(21)3-4-13(18)20(15)24-19/h3-4,6-8,15-16,20-21H,1,5,9H2,2H3/t15-,16-,20-/m0/s1. The van der Waals surface area contributed by atoms with Crippen molar-refractivity contribution >= 4 is 0 Å². The fourth-order valence-electron chi connectivity index (χ4n) is 3.85. The van der Waals surface area contributed by atoms with Gasteiger partial charge in [0, 0.05) is 29.2 Å². The Hall–Kier alpha value is -2.62. The summed E-state index contributed by atoms with van der Waals surface area (Å²) in [5.41, 5.74) is 4.34. The molecule has 0 aromatic heterocycles. The zero-order chi connectivity index (χ0) is 16.4. The zero-order valence-corrected chi connectivity index (χ0v) is 13.4. The van der Waals surface area contributed by atoms with Crippen LogP contribution in [0.3, 0.4) is 0 Å². The van der Waals surface area contributed by atoms with Gasteiger partial charge in [-0.25, -0.2) is 0 Å². The first-order valence-electron chi connectivity index (χ1n) is 8.21. The van der Waals surface area contributed by atoms with Crippen molar-refractivity contribution in [1.29, 1.82) is 0 Å². The molecule has 2 aromatic carbocycles. The normalized spacial score (nSPS) is 25.5. The molecule has 3 aliphatic heterocycles. The number of aromatic hydroxyl groups is 1. The number of phenols is 1. The topological polar surface area (TPSA) is 47.9 Å². The van der Waals surface area contributed by atoms with E-state index in [1.807, 2.05) is 13.0 Å². The molecule has 4 nitrogen and oxygen atoms in total. The molecular formula is C20H18O4. The Morgan fingerprint density at radius 1 is 1.08 bits per heavy atom. The highest BCUT2D eigenvalue weighted by Gasteiger charge is 2.42. The molecule has 3 heterocycles. The van der Waals surface area contributed by atoms with Crippen molar-refractivity contribution in [3.63, 3.8) is 0 Å². The summed E-state index contributed by atoms with van der Waals surface area (Å²) in [6, 6.07) is 9.42. The Morgan fingerprint density at radius 3 is 2.79 bits per heavy atom. The van der Waals surface area contributed by atoms with Crippen LogP contribution in [0.15, 0.2) is 42.5 Å². The molecule has 0 saturated carbocycles. The van der Waals surface area contributed by atoms with Gasteiger partial charge >= 0.3 is 0 Å². The van der Waals surface area contributed by atoms with Gasteiger partial charge in [-0.15, -0.1) is 0 Å². The quantitative estimate of drug-likeness (QED) is 0.810. The molecule has 0 spiro atoms. The molecule has 3 atom stereocenters. The van der Waals surface area contributed by atoms with Crippen LogP contribution in [0.1, 0.15) is 35.6 Å². The molecule has 0 radical (unpaired) electrons. The van der Waals surface area contributed by atoms with E-state index >= 15 is 0 Å². The van der Waals surface area contributed by atoms with Gasteiger partial charge in [0.1, 0.15) is 35.2 Å². The lowest BCUT2D eigenvalue weighted by Gasteiger charge is -2.27. The summed E-state index contributed by atoms with van der Waals surface area (Å²) in [7, 11) is 0. The Balaban J connectivity index is 1.53. The lowest BCUT2D eigenvalue weighted by atomic mass is 9.89. The second-order valence-corrected chi connectivity index (χ2v) is 6.83. The lowest BCUT2D eigenvalue weighted by molar-refractivity contribution is 0.139. The number of rotatable bonds is 1. The molecule has 0 unspecified atom stereocenters. The van der Waals surface area contributed by atoms with E-state index in [1.165, 1.54) is 5.56 Å². The average molecular weight is 322 g/mol. The predicted molar refractivity (Wildman–Crippen MR) is 89.1 cm³/mol. The Labute approximate surface area is 140 Å². The van der Waals surface area contributed by atoms with Crippen LogP contribution in [0, 0.1) is 0 Å². The van der Waals surface area contributed by atoms with E-state index in [4.69, 9.17) is 14.2 Å². The highest BCUT2D eigenvalue weighted by atomic mass is 16.5. The van der Waals surface area contributed by atoms with Crippen LogP contribution in [0.4, 0.5) is 0 Å². The van der Waals surface area contributed by atoms with Crippen molar-refractivity contribution in [3.05, 3.63) is 59.2 Å². The number of hydrogen-bond donors (Lipinski definition) is 1. The average Bonchev–Trinajstić information content (AvgIpc) is 3.12. The van der Waals surface area contributed by atoms with E-state index in [-0.39, 0.29) is 23.9 Å². The van der Waals surface area contributed by atoms with Gasteiger partial charge in [-0.05, 0) is 36.8 Å². The summed E-state index contributed by atoms with van der Waals surface area (Å²) < 4.78 is 18.1. The maximum Gasteiger partial charge on any atom is 0.138 e. The summed E-state index contributed by atoms with van der Waals surface area (Å²) in [5, 5.41) is 9.64. The zero-order valence-electron chi connectivity index (χ0n) is 13.4. The molecule has 0 fully saturated rings. The molecule has 122 valence electrons. The number of benzene rings is 2. The van der Waals surface area contributed by atoms with Crippen LogP contribution in [0.2, 0.25) is 0 Å². The molecule has 2 aromatic rings. The van der Waals surface area contributed by atoms with Crippen LogP contribution in [-0.2, 0) is 6.42 Å². The molecule has 0 bridgehead atoms. The van der Waals surface area contributed by atoms with E-state index in [2.05, 4.69) is 18.7 Å². The second kappa shape index (κ2) is 4.69. The van der Waals surface area contributed by atoms with E-state index in [0.29, 0.717) is 12.4 Å². The predicted octanol–water partition coefficient (Wildman–Crippen LogP) is 3.88. The molecule has 24 heavy (non-hydrogen) atoms. The van der Waals surface area contributed by atoms with Gasteiger partial charge < -0.3 is 19.3 Å². The van der Waals surface area contributed by atoms with Crippen LogP contribution in [0.5, 0.6) is 23.0 Å². The molecule has 0 saturated heterocycles. The molecule has 4 heteroatoms. The monoisotopic (exact) mass is 322 g/mol. The Bertz CT molecular complexity index is 870. The highest BCUT2D eigenvalue weighted by molar-refractivity contribution is 5.56.